The molecule has 0 saturated heterocycles. The highest BCUT2D eigenvalue weighted by atomic mass is 35.5. The van der Waals surface area contributed by atoms with E-state index in [1.165, 1.54) is 30.3 Å². The van der Waals surface area contributed by atoms with E-state index >= 15 is 0 Å². The van der Waals surface area contributed by atoms with Gasteiger partial charge in [-0.3, -0.25) is 14.5 Å². The highest BCUT2D eigenvalue weighted by molar-refractivity contribution is 7.92. The molecular formula is C20H18ClN3O3S. The van der Waals surface area contributed by atoms with Crippen LogP contribution in [0.3, 0.4) is 0 Å². The number of halogens is 1. The van der Waals surface area contributed by atoms with E-state index in [1.807, 2.05) is 6.07 Å². The molecule has 1 aromatic heterocycles. The third kappa shape index (κ3) is 4.88. The van der Waals surface area contributed by atoms with Crippen molar-refractivity contribution >= 4 is 33.2 Å². The Bertz CT molecular complexity index is 1090. The molecule has 0 bridgehead atoms. The van der Waals surface area contributed by atoms with Crippen LogP contribution in [0.2, 0.25) is 5.02 Å². The molecule has 1 heterocycles. The number of hydrogen-bond donors (Lipinski definition) is 2. The number of pyridine rings is 1. The molecule has 8 heteroatoms. The zero-order chi connectivity index (χ0) is 20.1. The predicted octanol–water partition coefficient (Wildman–Crippen LogP) is 3.77. The number of aryl methyl sites for hydroxylation is 1. The number of amides is 1. The molecule has 2 aromatic carbocycles. The maximum atomic E-state index is 12.6. The average Bonchev–Trinajstić information content (AvgIpc) is 2.69. The molecule has 0 atom stereocenters. The van der Waals surface area contributed by atoms with Crippen LogP contribution in [0.25, 0.3) is 0 Å². The number of nitrogens with zero attached hydrogens (tertiary/aromatic N) is 1. The van der Waals surface area contributed by atoms with Crippen LogP contribution in [0.4, 0.5) is 5.69 Å². The summed E-state index contributed by atoms with van der Waals surface area (Å²) in [6.07, 6.45) is 3.32. The van der Waals surface area contributed by atoms with Gasteiger partial charge in [0.1, 0.15) is 0 Å². The molecule has 0 saturated carbocycles. The van der Waals surface area contributed by atoms with Crippen LogP contribution in [0.15, 0.2) is 71.9 Å². The van der Waals surface area contributed by atoms with Crippen LogP contribution in [-0.4, -0.2) is 19.3 Å². The third-order valence-electron chi connectivity index (χ3n) is 4.04. The fraction of sp³-hybridized carbons (Fsp3) is 0.100. The summed E-state index contributed by atoms with van der Waals surface area (Å²) in [6, 6.07) is 14.4. The Labute approximate surface area is 168 Å². The molecule has 0 aliphatic heterocycles. The minimum Gasteiger partial charge on any atom is -0.348 e. The summed E-state index contributed by atoms with van der Waals surface area (Å²) < 4.78 is 27.7. The molecule has 28 heavy (non-hydrogen) atoms. The van der Waals surface area contributed by atoms with Gasteiger partial charge in [-0.05, 0) is 60.5 Å². The Kier molecular flexibility index (Phi) is 5.96. The summed E-state index contributed by atoms with van der Waals surface area (Å²) in [4.78, 5) is 16.5. The Balaban J connectivity index is 1.77. The molecule has 0 aliphatic carbocycles. The van der Waals surface area contributed by atoms with Gasteiger partial charge in [0, 0.05) is 29.5 Å². The number of benzene rings is 2. The van der Waals surface area contributed by atoms with Crippen molar-refractivity contribution in [3.8, 4) is 0 Å². The first-order valence-corrected chi connectivity index (χ1v) is 10.3. The number of carbonyl (C=O) groups is 1. The van der Waals surface area contributed by atoms with Gasteiger partial charge in [-0.1, -0.05) is 23.7 Å². The van der Waals surface area contributed by atoms with Gasteiger partial charge in [-0.25, -0.2) is 8.42 Å². The van der Waals surface area contributed by atoms with Crippen LogP contribution >= 0.6 is 11.6 Å². The number of sulfonamides is 1. The molecule has 0 radical (unpaired) electrons. The Morgan fingerprint density at radius 2 is 1.86 bits per heavy atom. The van der Waals surface area contributed by atoms with E-state index in [0.717, 1.165) is 5.56 Å². The number of nitrogens with one attached hydrogen (secondary N) is 2. The lowest BCUT2D eigenvalue weighted by Crippen LogP contribution is -2.23. The van der Waals surface area contributed by atoms with Gasteiger partial charge in [0.15, 0.2) is 0 Å². The van der Waals surface area contributed by atoms with Crippen molar-refractivity contribution in [2.45, 2.75) is 18.4 Å². The number of anilines is 1. The second kappa shape index (κ2) is 8.41. The van der Waals surface area contributed by atoms with Gasteiger partial charge in [0.25, 0.3) is 15.9 Å². The fourth-order valence-corrected chi connectivity index (χ4v) is 3.73. The van der Waals surface area contributed by atoms with E-state index in [0.29, 0.717) is 28.4 Å². The van der Waals surface area contributed by atoms with Crippen molar-refractivity contribution in [3.05, 3.63) is 88.7 Å². The van der Waals surface area contributed by atoms with E-state index in [1.54, 1.807) is 37.5 Å². The molecular weight excluding hydrogens is 398 g/mol. The molecule has 0 aliphatic rings. The van der Waals surface area contributed by atoms with Crippen molar-refractivity contribution in [2.24, 2.45) is 0 Å². The van der Waals surface area contributed by atoms with Gasteiger partial charge in [0.2, 0.25) is 0 Å². The molecule has 144 valence electrons. The molecule has 3 rings (SSSR count). The van der Waals surface area contributed by atoms with Crippen LogP contribution in [0.5, 0.6) is 0 Å². The number of carbonyl (C=O) groups excluding carboxylic acids is 1. The summed E-state index contributed by atoms with van der Waals surface area (Å²) >= 11 is 5.81. The summed E-state index contributed by atoms with van der Waals surface area (Å²) in [5.74, 6) is -0.309. The lowest BCUT2D eigenvalue weighted by Gasteiger charge is -2.13. The summed E-state index contributed by atoms with van der Waals surface area (Å²) in [5, 5.41) is 3.24. The van der Waals surface area contributed by atoms with Gasteiger partial charge in [-0.2, -0.15) is 0 Å². The normalized spacial score (nSPS) is 11.1. The van der Waals surface area contributed by atoms with Gasteiger partial charge < -0.3 is 5.32 Å². The van der Waals surface area contributed by atoms with Crippen LogP contribution in [0, 0.1) is 6.92 Å². The first kappa shape index (κ1) is 19.9. The van der Waals surface area contributed by atoms with Crippen LogP contribution in [0.1, 0.15) is 21.5 Å². The first-order valence-electron chi connectivity index (χ1n) is 8.41. The van der Waals surface area contributed by atoms with Crippen molar-refractivity contribution in [1.82, 2.24) is 10.3 Å². The van der Waals surface area contributed by atoms with E-state index < -0.39 is 10.0 Å². The van der Waals surface area contributed by atoms with E-state index in [2.05, 4.69) is 15.0 Å². The van der Waals surface area contributed by atoms with Crippen molar-refractivity contribution in [2.75, 3.05) is 4.72 Å². The average molecular weight is 416 g/mol. The topological polar surface area (TPSA) is 88.2 Å². The van der Waals surface area contributed by atoms with Crippen LogP contribution < -0.4 is 10.0 Å². The molecule has 0 unspecified atom stereocenters. The fourth-order valence-electron chi connectivity index (χ4n) is 2.48. The smallest absolute Gasteiger partial charge is 0.261 e. The SMILES string of the molecule is Cc1ccc(C(=O)NCc2cccnc2)cc1NS(=O)(=O)c1ccc(Cl)cc1. The minimum absolute atomic E-state index is 0.0859. The van der Waals surface area contributed by atoms with Crippen molar-refractivity contribution in [1.29, 1.82) is 0 Å². The number of hydrogen-bond acceptors (Lipinski definition) is 4. The second-order valence-corrected chi connectivity index (χ2v) is 8.25. The maximum absolute atomic E-state index is 12.6. The van der Waals surface area contributed by atoms with E-state index in [-0.39, 0.29) is 10.8 Å². The predicted molar refractivity (Wildman–Crippen MR) is 109 cm³/mol. The van der Waals surface area contributed by atoms with E-state index in [9.17, 15) is 13.2 Å². The van der Waals surface area contributed by atoms with Gasteiger partial charge in [-0.15, -0.1) is 0 Å². The summed E-state index contributed by atoms with van der Waals surface area (Å²) in [5.41, 5.74) is 2.25. The quantitative estimate of drug-likeness (QED) is 0.641. The Hall–Kier alpha value is -2.90. The molecule has 0 fully saturated rings. The second-order valence-electron chi connectivity index (χ2n) is 6.13. The molecule has 0 spiro atoms. The standard InChI is InChI=1S/C20H18ClN3O3S/c1-14-4-5-16(20(25)23-13-15-3-2-10-22-12-15)11-19(14)24-28(26,27)18-8-6-17(21)7-9-18/h2-12,24H,13H2,1H3,(H,23,25). The summed E-state index contributed by atoms with van der Waals surface area (Å²) in [7, 11) is -3.80. The third-order valence-corrected chi connectivity index (χ3v) is 5.68. The number of rotatable bonds is 6. The Morgan fingerprint density at radius 1 is 1.11 bits per heavy atom. The van der Waals surface area contributed by atoms with Gasteiger partial charge >= 0.3 is 0 Å². The largest absolute Gasteiger partial charge is 0.348 e. The molecule has 1 amide bonds. The van der Waals surface area contributed by atoms with Crippen LogP contribution in [-0.2, 0) is 16.6 Å². The first-order chi connectivity index (χ1) is 13.3. The highest BCUT2D eigenvalue weighted by Gasteiger charge is 2.16. The van der Waals surface area contributed by atoms with Gasteiger partial charge in [0.05, 0.1) is 10.6 Å². The maximum Gasteiger partial charge on any atom is 0.261 e. The molecule has 3 aromatic rings. The highest BCUT2D eigenvalue weighted by Crippen LogP contribution is 2.22. The Morgan fingerprint density at radius 3 is 2.54 bits per heavy atom. The zero-order valence-electron chi connectivity index (χ0n) is 15.0. The monoisotopic (exact) mass is 415 g/mol. The van der Waals surface area contributed by atoms with E-state index in [4.69, 9.17) is 11.6 Å². The minimum atomic E-state index is -3.80. The summed E-state index contributed by atoms with van der Waals surface area (Å²) in [6.45, 7) is 2.09. The zero-order valence-corrected chi connectivity index (χ0v) is 16.6. The lowest BCUT2D eigenvalue weighted by molar-refractivity contribution is 0.0951. The van der Waals surface area contributed by atoms with Crippen molar-refractivity contribution in [3.63, 3.8) is 0 Å². The van der Waals surface area contributed by atoms with Crippen molar-refractivity contribution < 1.29 is 13.2 Å². The number of aromatic nitrogens is 1. The lowest BCUT2D eigenvalue weighted by atomic mass is 10.1. The molecule has 2 N–H and O–H groups in total. The molecule has 6 nitrogen and oxygen atoms in total.